The van der Waals surface area contributed by atoms with Crippen LogP contribution in [0.5, 0.6) is 0 Å². The van der Waals surface area contributed by atoms with Crippen LogP contribution in [0, 0.1) is 0 Å². The molecule has 10 nitrogen and oxygen atoms in total. The molecule has 1 aliphatic heterocycles. The summed E-state index contributed by atoms with van der Waals surface area (Å²) in [5, 5.41) is 1.58. The fraction of sp³-hybridized carbons (Fsp3) is 0.600. The van der Waals surface area contributed by atoms with Crippen LogP contribution in [0.4, 0.5) is 0 Å². The summed E-state index contributed by atoms with van der Waals surface area (Å²) in [6.45, 7) is 4.62. The summed E-state index contributed by atoms with van der Waals surface area (Å²) in [6.07, 6.45) is 5.72. The van der Waals surface area contributed by atoms with Gasteiger partial charge in [-0.25, -0.2) is 0 Å². The Morgan fingerprint density at radius 1 is 1.02 bits per heavy atom. The fourth-order valence-corrected chi connectivity index (χ4v) is 7.34. The van der Waals surface area contributed by atoms with Crippen LogP contribution in [0.25, 0.3) is 0 Å². The Kier molecular flexibility index (Phi) is 13.9. The standard InChI is InChI=1S/C30H42N4O6S2/c1-5-17-41-42-27(21(2)33(3)20-35)15-16-39-28(36)7-6-8-29(37)40-24-12-10-23(11-13-24)34(4)30(38)22-9-14-25-26(18-22)32-19-31-25/h9,14,18,20,23-24H,5-8,10-13,15-17,19H2,1-4H3/b27-21-. The number of hydrogen-bond donors (Lipinski definition) is 0. The fourth-order valence-electron chi connectivity index (χ4n) is 4.73. The topological polar surface area (TPSA) is 118 Å². The van der Waals surface area contributed by atoms with Crippen molar-refractivity contribution >= 4 is 45.8 Å². The molecule has 1 aromatic carbocycles. The van der Waals surface area contributed by atoms with E-state index in [1.807, 2.05) is 20.0 Å². The molecule has 0 radical (unpaired) electrons. The van der Waals surface area contributed by atoms with Crippen LogP contribution in [-0.2, 0) is 23.9 Å². The predicted molar refractivity (Wildman–Crippen MR) is 164 cm³/mol. The predicted octanol–water partition coefficient (Wildman–Crippen LogP) is 4.04. The Morgan fingerprint density at radius 3 is 2.45 bits per heavy atom. The summed E-state index contributed by atoms with van der Waals surface area (Å²) < 4.78 is 11.0. The molecule has 0 N–H and O–H groups in total. The van der Waals surface area contributed by atoms with E-state index in [4.69, 9.17) is 9.47 Å². The molecule has 2 amide bonds. The minimum atomic E-state index is -0.352. The molecule has 0 spiro atoms. The third kappa shape index (κ3) is 10.1. The van der Waals surface area contributed by atoms with Crippen LogP contribution in [0.15, 0.2) is 38.8 Å². The van der Waals surface area contributed by atoms with Crippen LogP contribution in [0.3, 0.4) is 0 Å². The first-order valence-corrected chi connectivity index (χ1v) is 16.8. The van der Waals surface area contributed by atoms with Gasteiger partial charge in [-0.1, -0.05) is 28.5 Å². The molecular formula is C30H42N4O6S2. The minimum Gasteiger partial charge on any atom is -0.465 e. The molecule has 0 bridgehead atoms. The summed E-state index contributed by atoms with van der Waals surface area (Å²) in [7, 11) is 6.85. The largest absolute Gasteiger partial charge is 0.465 e. The van der Waals surface area contributed by atoms with Crippen molar-refractivity contribution in [1.29, 1.82) is 0 Å². The molecule has 12 heteroatoms. The SMILES string of the molecule is CCCSS/C(CCOC(=O)CCCC(=O)OC1CCC(N(C)C(=O)c2ccc3c(c2)=NCN=3)CC1)=C(/C)N(C)C=O. The molecule has 0 unspecified atom stereocenters. The summed E-state index contributed by atoms with van der Waals surface area (Å²) in [6, 6.07) is 5.51. The third-order valence-corrected chi connectivity index (χ3v) is 10.3. The quantitative estimate of drug-likeness (QED) is 0.118. The van der Waals surface area contributed by atoms with Gasteiger partial charge in [0.1, 0.15) is 12.8 Å². The molecule has 42 heavy (non-hydrogen) atoms. The molecule has 0 atom stereocenters. The Morgan fingerprint density at radius 2 is 1.74 bits per heavy atom. The Hall–Kier alpha value is -2.86. The van der Waals surface area contributed by atoms with Gasteiger partial charge < -0.3 is 19.3 Å². The molecule has 0 aromatic heterocycles. The Bertz CT molecular complexity index is 1260. The van der Waals surface area contributed by atoms with Gasteiger partial charge >= 0.3 is 11.9 Å². The van der Waals surface area contributed by atoms with Crippen LogP contribution >= 0.6 is 21.6 Å². The van der Waals surface area contributed by atoms with E-state index in [0.717, 1.165) is 52.7 Å². The van der Waals surface area contributed by atoms with E-state index in [9.17, 15) is 19.2 Å². The molecule has 230 valence electrons. The first-order valence-electron chi connectivity index (χ1n) is 14.5. The molecule has 3 rings (SSSR count). The van der Waals surface area contributed by atoms with Crippen molar-refractivity contribution in [3.05, 3.63) is 45.1 Å². The number of carbonyl (C=O) groups excluding carboxylic acids is 4. The lowest BCUT2D eigenvalue weighted by Gasteiger charge is -2.34. The molecule has 0 saturated heterocycles. The van der Waals surface area contributed by atoms with Crippen molar-refractivity contribution in [1.82, 2.24) is 9.80 Å². The number of amides is 2. The number of esters is 2. The van der Waals surface area contributed by atoms with Gasteiger partial charge in [0.2, 0.25) is 6.41 Å². The maximum Gasteiger partial charge on any atom is 0.306 e. The summed E-state index contributed by atoms with van der Waals surface area (Å²) >= 11 is 0. The minimum absolute atomic E-state index is 0.0444. The van der Waals surface area contributed by atoms with Gasteiger partial charge in [0.15, 0.2) is 0 Å². The highest BCUT2D eigenvalue weighted by atomic mass is 33.1. The van der Waals surface area contributed by atoms with E-state index in [1.165, 1.54) is 4.90 Å². The van der Waals surface area contributed by atoms with Crippen molar-refractivity contribution in [3.63, 3.8) is 0 Å². The molecule has 1 heterocycles. The highest BCUT2D eigenvalue weighted by molar-refractivity contribution is 8.78. The zero-order valence-corrected chi connectivity index (χ0v) is 26.6. The normalized spacial score (nSPS) is 18.1. The number of nitrogens with zero attached hydrogens (tertiary/aromatic N) is 4. The van der Waals surface area contributed by atoms with E-state index in [-0.39, 0.29) is 49.4 Å². The lowest BCUT2D eigenvalue weighted by Crippen LogP contribution is -2.41. The zero-order valence-electron chi connectivity index (χ0n) is 25.0. The molecule has 1 aromatic rings. The van der Waals surface area contributed by atoms with Gasteiger partial charge in [0.25, 0.3) is 5.91 Å². The van der Waals surface area contributed by atoms with Gasteiger partial charge in [0, 0.05) is 61.3 Å². The number of fused-ring (bicyclic) bond motifs is 1. The second kappa shape index (κ2) is 17.3. The van der Waals surface area contributed by atoms with Crippen LogP contribution in [0.2, 0.25) is 0 Å². The van der Waals surface area contributed by atoms with Crippen molar-refractivity contribution in [2.75, 3.05) is 33.1 Å². The third-order valence-electron chi connectivity index (χ3n) is 7.41. The van der Waals surface area contributed by atoms with E-state index >= 15 is 0 Å². The number of allylic oxidation sites excluding steroid dienone is 1. The maximum absolute atomic E-state index is 13.0. The van der Waals surface area contributed by atoms with E-state index < -0.39 is 0 Å². The van der Waals surface area contributed by atoms with Crippen molar-refractivity contribution in [3.8, 4) is 0 Å². The number of benzene rings is 1. The average Bonchev–Trinajstić information content (AvgIpc) is 3.47. The van der Waals surface area contributed by atoms with Crippen LogP contribution < -0.4 is 10.7 Å². The molecule has 1 saturated carbocycles. The lowest BCUT2D eigenvalue weighted by atomic mass is 9.91. The summed E-state index contributed by atoms with van der Waals surface area (Å²) in [5.41, 5.74) is 1.45. The van der Waals surface area contributed by atoms with Gasteiger partial charge in [-0.15, -0.1) is 0 Å². The van der Waals surface area contributed by atoms with Crippen molar-refractivity contribution in [2.45, 2.75) is 83.8 Å². The highest BCUT2D eigenvalue weighted by Gasteiger charge is 2.29. The molecule has 2 aliphatic rings. The Balaban J connectivity index is 1.32. The number of rotatable bonds is 16. The number of hydrogen-bond acceptors (Lipinski definition) is 10. The first-order chi connectivity index (χ1) is 20.2. The average molecular weight is 619 g/mol. The molecule has 1 aliphatic carbocycles. The molecule has 1 fully saturated rings. The van der Waals surface area contributed by atoms with E-state index in [0.29, 0.717) is 37.9 Å². The van der Waals surface area contributed by atoms with Crippen LogP contribution in [-0.4, -0.2) is 79.3 Å². The summed E-state index contributed by atoms with van der Waals surface area (Å²) in [4.78, 5) is 61.6. The van der Waals surface area contributed by atoms with Crippen LogP contribution in [0.1, 0.15) is 82.0 Å². The van der Waals surface area contributed by atoms with Gasteiger partial charge in [-0.3, -0.25) is 29.2 Å². The number of carbonyl (C=O) groups is 4. The number of ether oxygens (including phenoxy) is 2. The lowest BCUT2D eigenvalue weighted by molar-refractivity contribution is -0.151. The van der Waals surface area contributed by atoms with Gasteiger partial charge in [0.05, 0.1) is 17.3 Å². The Labute approximate surface area is 255 Å². The second-order valence-electron chi connectivity index (χ2n) is 10.5. The van der Waals surface area contributed by atoms with Crippen molar-refractivity contribution in [2.24, 2.45) is 9.98 Å². The van der Waals surface area contributed by atoms with E-state index in [2.05, 4.69) is 16.9 Å². The summed E-state index contributed by atoms with van der Waals surface area (Å²) in [5.74, 6) is 0.279. The highest BCUT2D eigenvalue weighted by Crippen LogP contribution is 2.35. The van der Waals surface area contributed by atoms with Gasteiger partial charge in [-0.2, -0.15) is 0 Å². The second-order valence-corrected chi connectivity index (χ2v) is 13.0. The zero-order chi connectivity index (χ0) is 30.5. The van der Waals surface area contributed by atoms with E-state index in [1.54, 1.807) is 45.7 Å². The molecular weight excluding hydrogens is 576 g/mol. The van der Waals surface area contributed by atoms with Gasteiger partial charge in [-0.05, 0) is 63.6 Å². The first kappa shape index (κ1) is 33.6. The smallest absolute Gasteiger partial charge is 0.306 e. The monoisotopic (exact) mass is 618 g/mol. The maximum atomic E-state index is 13.0. The van der Waals surface area contributed by atoms with Crippen molar-refractivity contribution < 1.29 is 28.7 Å².